The van der Waals surface area contributed by atoms with Crippen molar-refractivity contribution in [3.63, 3.8) is 0 Å². The van der Waals surface area contributed by atoms with Crippen LogP contribution in [0, 0.1) is 0 Å². The molecule has 0 saturated heterocycles. The van der Waals surface area contributed by atoms with E-state index in [0.717, 1.165) is 48.1 Å². The van der Waals surface area contributed by atoms with Gasteiger partial charge in [0, 0.05) is 22.8 Å². The van der Waals surface area contributed by atoms with Crippen LogP contribution in [-0.2, 0) is 12.8 Å². The highest BCUT2D eigenvalue weighted by atomic mass is 16.1. The van der Waals surface area contributed by atoms with Crippen LogP contribution in [0.4, 0.5) is 5.69 Å². The summed E-state index contributed by atoms with van der Waals surface area (Å²) >= 11 is 0. The van der Waals surface area contributed by atoms with Gasteiger partial charge < -0.3 is 9.88 Å². The SMILES string of the molecule is CCc1ccc2[nH]c(=O)c([C@H](c3nnnn3C3CCCC3)N3c4ccccc4C[C@H]3C)cc2c1. The molecule has 7 heteroatoms. The summed E-state index contributed by atoms with van der Waals surface area (Å²) in [5, 5.41) is 14.1. The first kappa shape index (κ1) is 21.1. The number of H-pyrrole nitrogens is 1. The van der Waals surface area contributed by atoms with Gasteiger partial charge in [0.15, 0.2) is 5.82 Å². The molecule has 1 N–H and O–H groups in total. The molecule has 1 saturated carbocycles. The number of aryl methyl sites for hydroxylation is 1. The van der Waals surface area contributed by atoms with Crippen LogP contribution in [0.5, 0.6) is 0 Å². The lowest BCUT2D eigenvalue weighted by molar-refractivity contribution is 0.423. The molecule has 3 heterocycles. The Morgan fingerprint density at radius 3 is 2.76 bits per heavy atom. The summed E-state index contributed by atoms with van der Waals surface area (Å²) in [5.41, 5.74) is 5.17. The lowest BCUT2D eigenvalue weighted by atomic mass is 10.0. The summed E-state index contributed by atoms with van der Waals surface area (Å²) in [4.78, 5) is 19.1. The Balaban J connectivity index is 1.58. The molecule has 2 atom stereocenters. The van der Waals surface area contributed by atoms with E-state index in [-0.39, 0.29) is 23.7 Å². The number of tetrazole rings is 1. The van der Waals surface area contributed by atoms with E-state index in [2.05, 4.69) is 81.7 Å². The lowest BCUT2D eigenvalue weighted by Crippen LogP contribution is -2.39. The molecule has 2 aromatic heterocycles. The van der Waals surface area contributed by atoms with Gasteiger partial charge >= 0.3 is 0 Å². The molecule has 174 valence electrons. The second-order valence-electron chi connectivity index (χ2n) is 9.74. The molecule has 2 aliphatic rings. The molecular formula is C27H30N6O. The van der Waals surface area contributed by atoms with E-state index in [1.54, 1.807) is 0 Å². The molecule has 0 unspecified atom stereocenters. The number of pyridine rings is 1. The zero-order chi connectivity index (χ0) is 23.2. The summed E-state index contributed by atoms with van der Waals surface area (Å²) in [6.07, 6.45) is 6.41. The maximum absolute atomic E-state index is 13.6. The second-order valence-corrected chi connectivity index (χ2v) is 9.74. The molecule has 4 aromatic rings. The second kappa shape index (κ2) is 8.38. The fourth-order valence-corrected chi connectivity index (χ4v) is 5.88. The summed E-state index contributed by atoms with van der Waals surface area (Å²) in [6.45, 7) is 4.37. The quantitative estimate of drug-likeness (QED) is 0.471. The van der Waals surface area contributed by atoms with Crippen LogP contribution in [-0.4, -0.2) is 31.2 Å². The van der Waals surface area contributed by atoms with Gasteiger partial charge in [-0.3, -0.25) is 4.79 Å². The van der Waals surface area contributed by atoms with Crippen LogP contribution >= 0.6 is 0 Å². The molecule has 34 heavy (non-hydrogen) atoms. The first-order chi connectivity index (χ1) is 16.6. The molecule has 1 aliphatic carbocycles. The molecule has 1 aliphatic heterocycles. The van der Waals surface area contributed by atoms with E-state index in [1.165, 1.54) is 24.0 Å². The smallest absolute Gasteiger partial charge is 0.254 e. The number of nitrogens with one attached hydrogen (secondary N) is 1. The fourth-order valence-electron chi connectivity index (χ4n) is 5.88. The van der Waals surface area contributed by atoms with E-state index in [0.29, 0.717) is 5.56 Å². The van der Waals surface area contributed by atoms with Crippen molar-refractivity contribution in [2.75, 3.05) is 4.90 Å². The lowest BCUT2D eigenvalue weighted by Gasteiger charge is -2.34. The Hall–Kier alpha value is -3.48. The Morgan fingerprint density at radius 1 is 1.12 bits per heavy atom. The number of anilines is 1. The monoisotopic (exact) mass is 454 g/mol. The van der Waals surface area contributed by atoms with Crippen LogP contribution in [0.3, 0.4) is 0 Å². The first-order valence-electron chi connectivity index (χ1n) is 12.4. The van der Waals surface area contributed by atoms with E-state index in [4.69, 9.17) is 0 Å². The van der Waals surface area contributed by atoms with Gasteiger partial charge in [0.2, 0.25) is 0 Å². The molecule has 6 rings (SSSR count). The molecule has 0 amide bonds. The average molecular weight is 455 g/mol. The number of hydrogen-bond acceptors (Lipinski definition) is 5. The van der Waals surface area contributed by atoms with Gasteiger partial charge in [-0.05, 0) is 83.8 Å². The predicted molar refractivity (Wildman–Crippen MR) is 133 cm³/mol. The summed E-state index contributed by atoms with van der Waals surface area (Å²) in [6, 6.07) is 16.9. The number of para-hydroxylation sites is 1. The van der Waals surface area contributed by atoms with Crippen molar-refractivity contribution in [2.45, 2.75) is 70.5 Å². The Kier molecular flexibility index (Phi) is 5.20. The van der Waals surface area contributed by atoms with Gasteiger partial charge in [0.05, 0.1) is 6.04 Å². The zero-order valence-electron chi connectivity index (χ0n) is 19.7. The standard InChI is InChI=1S/C27H30N6O/c1-3-18-12-13-23-20(15-18)16-22(27(34)28-23)25(26-29-30-31-33(26)21-9-5-6-10-21)32-17(2)14-19-8-4-7-11-24(19)32/h4,7-8,11-13,15-17,21,25H,3,5-6,9-10,14H2,1-2H3,(H,28,34)/t17-,25-/m1/s1. The third kappa shape index (κ3) is 3.42. The van der Waals surface area contributed by atoms with Crippen LogP contribution in [0.2, 0.25) is 0 Å². The summed E-state index contributed by atoms with van der Waals surface area (Å²) in [5.74, 6) is 0.756. The third-order valence-electron chi connectivity index (χ3n) is 7.61. The Labute approximate surface area is 198 Å². The van der Waals surface area contributed by atoms with Gasteiger partial charge in [-0.2, -0.15) is 0 Å². The van der Waals surface area contributed by atoms with Crippen molar-refractivity contribution < 1.29 is 0 Å². The molecule has 2 aromatic carbocycles. The number of aromatic nitrogens is 5. The van der Waals surface area contributed by atoms with Crippen molar-refractivity contribution in [3.8, 4) is 0 Å². The van der Waals surface area contributed by atoms with E-state index in [9.17, 15) is 4.79 Å². The van der Waals surface area contributed by atoms with E-state index < -0.39 is 0 Å². The highest BCUT2D eigenvalue weighted by molar-refractivity contribution is 5.80. The van der Waals surface area contributed by atoms with E-state index >= 15 is 0 Å². The normalized spacial score (nSPS) is 19.1. The van der Waals surface area contributed by atoms with Crippen molar-refractivity contribution in [1.29, 1.82) is 0 Å². The number of aromatic amines is 1. The number of rotatable bonds is 5. The highest BCUT2D eigenvalue weighted by Gasteiger charge is 2.39. The number of fused-ring (bicyclic) bond motifs is 2. The number of benzene rings is 2. The van der Waals surface area contributed by atoms with Crippen molar-refractivity contribution in [1.82, 2.24) is 25.2 Å². The molecule has 7 nitrogen and oxygen atoms in total. The number of nitrogens with zero attached hydrogens (tertiary/aromatic N) is 5. The summed E-state index contributed by atoms with van der Waals surface area (Å²) < 4.78 is 2.00. The predicted octanol–water partition coefficient (Wildman–Crippen LogP) is 4.73. The van der Waals surface area contributed by atoms with E-state index in [1.807, 2.05) is 10.7 Å². The van der Waals surface area contributed by atoms with Gasteiger partial charge in [-0.15, -0.1) is 5.10 Å². The van der Waals surface area contributed by atoms with Gasteiger partial charge in [-0.1, -0.05) is 44.0 Å². The first-order valence-corrected chi connectivity index (χ1v) is 12.4. The Morgan fingerprint density at radius 2 is 1.94 bits per heavy atom. The maximum atomic E-state index is 13.6. The highest BCUT2D eigenvalue weighted by Crippen LogP contribution is 2.42. The molecule has 0 spiro atoms. The number of hydrogen-bond donors (Lipinski definition) is 1. The molecule has 0 bridgehead atoms. The summed E-state index contributed by atoms with van der Waals surface area (Å²) in [7, 11) is 0. The van der Waals surface area contributed by atoms with Gasteiger partial charge in [0.25, 0.3) is 5.56 Å². The molecule has 1 fully saturated rings. The molecular weight excluding hydrogens is 424 g/mol. The van der Waals surface area contributed by atoms with Crippen LogP contribution in [0.1, 0.15) is 74.1 Å². The van der Waals surface area contributed by atoms with Gasteiger partial charge in [-0.25, -0.2) is 4.68 Å². The largest absolute Gasteiger partial charge is 0.354 e. The minimum absolute atomic E-state index is 0.0840. The Bertz CT molecular complexity index is 1400. The fraction of sp³-hybridized carbons (Fsp3) is 0.407. The third-order valence-corrected chi connectivity index (χ3v) is 7.61. The van der Waals surface area contributed by atoms with Crippen LogP contribution in [0.25, 0.3) is 10.9 Å². The topological polar surface area (TPSA) is 79.7 Å². The van der Waals surface area contributed by atoms with Crippen molar-refractivity contribution in [2.24, 2.45) is 0 Å². The minimum Gasteiger partial charge on any atom is -0.354 e. The van der Waals surface area contributed by atoms with Crippen LogP contribution < -0.4 is 10.5 Å². The van der Waals surface area contributed by atoms with Crippen molar-refractivity contribution in [3.05, 3.63) is 81.4 Å². The average Bonchev–Trinajstić information content (AvgIpc) is 3.60. The van der Waals surface area contributed by atoms with Crippen LogP contribution in [0.15, 0.2) is 53.3 Å². The van der Waals surface area contributed by atoms with Crippen molar-refractivity contribution >= 4 is 16.6 Å². The van der Waals surface area contributed by atoms with Gasteiger partial charge in [0.1, 0.15) is 6.04 Å². The zero-order valence-corrected chi connectivity index (χ0v) is 19.7. The maximum Gasteiger partial charge on any atom is 0.254 e. The molecule has 0 radical (unpaired) electrons. The minimum atomic E-state index is -0.368.